The maximum Gasteiger partial charge on any atom is 0.235 e. The van der Waals surface area contributed by atoms with Gasteiger partial charge in [-0.15, -0.1) is 0 Å². The molecular weight excluding hydrogens is 274 g/mol. The van der Waals surface area contributed by atoms with Crippen molar-refractivity contribution in [2.45, 2.75) is 0 Å². The van der Waals surface area contributed by atoms with Crippen LogP contribution in [0, 0.1) is 0 Å². The molecule has 0 bridgehead atoms. The molecule has 0 aliphatic rings. The Morgan fingerprint density at radius 1 is 0.900 bits per heavy atom. The number of nitrogens with one attached hydrogen (secondary N) is 1. The largest absolute Gasteiger partial charge is 0.360 e. The van der Waals surface area contributed by atoms with Crippen molar-refractivity contribution in [3.8, 4) is 0 Å². The third-order valence-electron chi connectivity index (χ3n) is 3.15. The summed E-state index contributed by atoms with van der Waals surface area (Å²) in [6.45, 7) is 0. The molecule has 0 unspecified atom stereocenters. The number of aromatic amines is 1. The summed E-state index contributed by atoms with van der Waals surface area (Å²) in [5, 5.41) is 1.28. The molecule has 3 aromatic rings. The lowest BCUT2D eigenvalue weighted by molar-refractivity contribution is 0.0818. The minimum absolute atomic E-state index is 0.338. The van der Waals surface area contributed by atoms with Crippen molar-refractivity contribution >= 4 is 34.1 Å². The molecule has 2 aromatic carbocycles. The maximum atomic E-state index is 12.3. The molecule has 0 radical (unpaired) electrons. The number of ketones is 2. The van der Waals surface area contributed by atoms with Crippen molar-refractivity contribution in [3.63, 3.8) is 0 Å². The predicted molar refractivity (Wildman–Crippen MR) is 78.4 cm³/mol. The van der Waals surface area contributed by atoms with Crippen LogP contribution in [0.25, 0.3) is 10.9 Å². The second kappa shape index (κ2) is 4.94. The van der Waals surface area contributed by atoms with Crippen LogP contribution in [-0.4, -0.2) is 16.6 Å². The van der Waals surface area contributed by atoms with E-state index in [2.05, 4.69) is 4.98 Å². The zero-order valence-electron chi connectivity index (χ0n) is 10.4. The van der Waals surface area contributed by atoms with E-state index >= 15 is 0 Å². The van der Waals surface area contributed by atoms with Crippen LogP contribution in [0.2, 0.25) is 5.02 Å². The summed E-state index contributed by atoms with van der Waals surface area (Å²) in [5.74, 6) is -1.06. The Kier molecular flexibility index (Phi) is 3.12. The molecule has 98 valence electrons. The molecule has 0 amide bonds. The van der Waals surface area contributed by atoms with Crippen LogP contribution in [-0.2, 0) is 0 Å². The van der Waals surface area contributed by atoms with E-state index in [9.17, 15) is 9.59 Å². The topological polar surface area (TPSA) is 49.9 Å². The lowest BCUT2D eigenvalue weighted by atomic mass is 10.0. The standard InChI is InChI=1S/C16H10ClNO2/c17-11-7-5-10(6-8-11)15(19)16(20)13-9-18-14-4-2-1-3-12(13)14/h1-9,18H. The van der Waals surface area contributed by atoms with Gasteiger partial charge in [-0.25, -0.2) is 0 Å². The molecule has 1 aromatic heterocycles. The van der Waals surface area contributed by atoms with Gasteiger partial charge in [-0.3, -0.25) is 9.59 Å². The van der Waals surface area contributed by atoms with Crippen LogP contribution in [0.1, 0.15) is 20.7 Å². The number of aromatic nitrogens is 1. The SMILES string of the molecule is O=C(C(=O)c1c[nH]c2ccccc12)c1ccc(Cl)cc1. The van der Waals surface area contributed by atoms with Crippen LogP contribution in [0.4, 0.5) is 0 Å². The molecule has 1 heterocycles. The smallest absolute Gasteiger partial charge is 0.235 e. The number of para-hydroxylation sites is 1. The first-order chi connectivity index (χ1) is 9.66. The number of carbonyl (C=O) groups is 2. The van der Waals surface area contributed by atoms with Gasteiger partial charge in [0.25, 0.3) is 0 Å². The van der Waals surface area contributed by atoms with Gasteiger partial charge in [0.15, 0.2) is 0 Å². The number of carbonyl (C=O) groups excluding carboxylic acids is 2. The first kappa shape index (κ1) is 12.6. The van der Waals surface area contributed by atoms with Gasteiger partial charge in [0.1, 0.15) is 0 Å². The number of hydrogen-bond acceptors (Lipinski definition) is 2. The van der Waals surface area contributed by atoms with Crippen LogP contribution in [0.3, 0.4) is 0 Å². The molecule has 0 fully saturated rings. The van der Waals surface area contributed by atoms with Gasteiger partial charge in [-0.05, 0) is 30.3 Å². The van der Waals surface area contributed by atoms with E-state index in [4.69, 9.17) is 11.6 Å². The summed E-state index contributed by atoms with van der Waals surface area (Å²) < 4.78 is 0. The van der Waals surface area contributed by atoms with Gasteiger partial charge in [0.05, 0.1) is 5.56 Å². The Bertz CT molecular complexity index is 803. The summed E-state index contributed by atoms with van der Waals surface area (Å²) in [6, 6.07) is 13.7. The lowest BCUT2D eigenvalue weighted by Crippen LogP contribution is -2.13. The second-order valence-electron chi connectivity index (χ2n) is 4.41. The number of rotatable bonds is 3. The number of Topliss-reactive ketones (excluding diaryl/α,β-unsaturated/α-hetero) is 2. The van der Waals surface area contributed by atoms with Gasteiger partial charge < -0.3 is 4.98 Å². The van der Waals surface area contributed by atoms with E-state index in [0.717, 1.165) is 10.9 Å². The van der Waals surface area contributed by atoms with Gasteiger partial charge in [0.2, 0.25) is 11.6 Å². The normalized spacial score (nSPS) is 10.7. The zero-order valence-corrected chi connectivity index (χ0v) is 11.1. The van der Waals surface area contributed by atoms with Crippen LogP contribution >= 0.6 is 11.6 Å². The van der Waals surface area contributed by atoms with Crippen molar-refractivity contribution in [1.82, 2.24) is 4.98 Å². The lowest BCUT2D eigenvalue weighted by Gasteiger charge is -2.00. The van der Waals surface area contributed by atoms with Crippen LogP contribution in [0.5, 0.6) is 0 Å². The minimum Gasteiger partial charge on any atom is -0.360 e. The molecule has 0 aliphatic heterocycles. The molecule has 4 heteroatoms. The first-order valence-corrected chi connectivity index (χ1v) is 6.45. The zero-order chi connectivity index (χ0) is 14.1. The fourth-order valence-corrected chi connectivity index (χ4v) is 2.24. The molecule has 3 rings (SSSR count). The molecule has 0 saturated heterocycles. The molecular formula is C16H10ClNO2. The summed E-state index contributed by atoms with van der Waals surface area (Å²) >= 11 is 5.77. The van der Waals surface area contributed by atoms with Crippen LogP contribution < -0.4 is 0 Å². The Labute approximate surface area is 120 Å². The van der Waals surface area contributed by atoms with E-state index in [1.807, 2.05) is 24.3 Å². The summed E-state index contributed by atoms with van der Waals surface area (Å²) in [6.07, 6.45) is 1.57. The average Bonchev–Trinajstić information content (AvgIpc) is 2.90. The Balaban J connectivity index is 2.00. The Morgan fingerprint density at radius 3 is 2.35 bits per heavy atom. The molecule has 0 spiro atoms. The monoisotopic (exact) mass is 283 g/mol. The molecule has 0 saturated carbocycles. The quantitative estimate of drug-likeness (QED) is 0.586. The number of halogens is 1. The van der Waals surface area contributed by atoms with E-state index in [0.29, 0.717) is 16.1 Å². The molecule has 0 atom stereocenters. The molecule has 20 heavy (non-hydrogen) atoms. The fraction of sp³-hybridized carbons (Fsp3) is 0. The molecule has 1 N–H and O–H groups in total. The number of fused-ring (bicyclic) bond motifs is 1. The first-order valence-electron chi connectivity index (χ1n) is 6.07. The van der Waals surface area contributed by atoms with Gasteiger partial charge in [-0.2, -0.15) is 0 Å². The number of hydrogen-bond donors (Lipinski definition) is 1. The van der Waals surface area contributed by atoms with E-state index < -0.39 is 11.6 Å². The van der Waals surface area contributed by atoms with Gasteiger partial charge in [-0.1, -0.05) is 29.8 Å². The molecule has 3 nitrogen and oxygen atoms in total. The highest BCUT2D eigenvalue weighted by Gasteiger charge is 2.21. The minimum atomic E-state index is -0.536. The van der Waals surface area contributed by atoms with Crippen molar-refractivity contribution in [2.75, 3.05) is 0 Å². The van der Waals surface area contributed by atoms with Gasteiger partial charge in [0, 0.05) is 27.7 Å². The Hall–Kier alpha value is -2.39. The van der Waals surface area contributed by atoms with E-state index in [1.54, 1.807) is 30.5 Å². The molecule has 0 aliphatic carbocycles. The third kappa shape index (κ3) is 2.12. The predicted octanol–water partition coefficient (Wildman–Crippen LogP) is 3.89. The Morgan fingerprint density at radius 2 is 1.60 bits per heavy atom. The van der Waals surface area contributed by atoms with E-state index in [-0.39, 0.29) is 0 Å². The number of benzene rings is 2. The average molecular weight is 284 g/mol. The fourth-order valence-electron chi connectivity index (χ4n) is 2.11. The van der Waals surface area contributed by atoms with Crippen LogP contribution in [0.15, 0.2) is 54.7 Å². The third-order valence-corrected chi connectivity index (χ3v) is 3.40. The van der Waals surface area contributed by atoms with Crippen molar-refractivity contribution < 1.29 is 9.59 Å². The van der Waals surface area contributed by atoms with Crippen molar-refractivity contribution in [1.29, 1.82) is 0 Å². The summed E-state index contributed by atoms with van der Waals surface area (Å²) in [5.41, 5.74) is 1.56. The van der Waals surface area contributed by atoms with Gasteiger partial charge >= 0.3 is 0 Å². The summed E-state index contributed by atoms with van der Waals surface area (Å²) in [4.78, 5) is 27.5. The highest BCUT2D eigenvalue weighted by atomic mass is 35.5. The number of H-pyrrole nitrogens is 1. The van der Waals surface area contributed by atoms with Crippen molar-refractivity contribution in [2.24, 2.45) is 0 Å². The van der Waals surface area contributed by atoms with E-state index in [1.165, 1.54) is 0 Å². The summed E-state index contributed by atoms with van der Waals surface area (Å²) in [7, 11) is 0. The highest BCUT2D eigenvalue weighted by Crippen LogP contribution is 2.20. The van der Waals surface area contributed by atoms with Crippen molar-refractivity contribution in [3.05, 3.63) is 70.9 Å². The highest BCUT2D eigenvalue weighted by molar-refractivity contribution is 6.50. The second-order valence-corrected chi connectivity index (χ2v) is 4.85. The maximum absolute atomic E-state index is 12.3.